The maximum Gasteiger partial charge on any atom is 0.138 e. The second-order valence-corrected chi connectivity index (χ2v) is 6.94. The van der Waals surface area contributed by atoms with Crippen molar-refractivity contribution in [3.05, 3.63) is 30.1 Å². The Morgan fingerprint density at radius 1 is 1.25 bits per heavy atom. The van der Waals surface area contributed by atoms with Gasteiger partial charge in [0.05, 0.1) is 5.69 Å². The van der Waals surface area contributed by atoms with E-state index in [0.29, 0.717) is 6.04 Å². The number of aromatic nitrogens is 2. The molecule has 20 heavy (non-hydrogen) atoms. The highest BCUT2D eigenvalue weighted by Crippen LogP contribution is 2.25. The van der Waals surface area contributed by atoms with Crippen LogP contribution in [0.2, 0.25) is 0 Å². The van der Waals surface area contributed by atoms with Gasteiger partial charge in [0.25, 0.3) is 0 Å². The molecule has 0 aliphatic heterocycles. The molecule has 0 bridgehead atoms. The Morgan fingerprint density at radius 3 is 2.75 bits per heavy atom. The lowest BCUT2D eigenvalue weighted by Gasteiger charge is -2.10. The third kappa shape index (κ3) is 4.00. The van der Waals surface area contributed by atoms with Crippen LogP contribution in [0.5, 0.6) is 0 Å². The van der Waals surface area contributed by atoms with E-state index in [2.05, 4.69) is 55.7 Å². The van der Waals surface area contributed by atoms with Crippen LogP contribution < -0.4 is 5.32 Å². The monoisotopic (exact) mass is 291 g/mol. The number of rotatable bonds is 7. The van der Waals surface area contributed by atoms with Crippen LogP contribution in [-0.2, 0) is 6.54 Å². The first-order valence-corrected chi connectivity index (χ1v) is 8.38. The van der Waals surface area contributed by atoms with Gasteiger partial charge in [-0.1, -0.05) is 33.8 Å². The molecule has 0 aliphatic carbocycles. The Balaban J connectivity index is 2.19. The number of nitrogens with zero attached hydrogens (tertiary/aromatic N) is 2. The fraction of sp³-hybridized carbons (Fsp3) is 0.562. The molecule has 4 heteroatoms. The van der Waals surface area contributed by atoms with Crippen molar-refractivity contribution in [3.8, 4) is 0 Å². The molecule has 1 N–H and O–H groups in total. The summed E-state index contributed by atoms with van der Waals surface area (Å²) in [6.07, 6.45) is 3.34. The summed E-state index contributed by atoms with van der Waals surface area (Å²) in [4.78, 5) is 4.77. The van der Waals surface area contributed by atoms with Crippen molar-refractivity contribution < 1.29 is 0 Å². The molecule has 0 aromatic carbocycles. The lowest BCUT2D eigenvalue weighted by Crippen LogP contribution is -2.23. The van der Waals surface area contributed by atoms with E-state index in [-0.39, 0.29) is 0 Å². The quantitative estimate of drug-likeness (QED) is 0.783. The minimum atomic E-state index is 0.484. The Bertz CT molecular complexity index is 546. The second kappa shape index (κ2) is 7.14. The summed E-state index contributed by atoms with van der Waals surface area (Å²) >= 11 is 1.88. The van der Waals surface area contributed by atoms with Gasteiger partial charge in [-0.3, -0.25) is 0 Å². The number of thioether (sulfide) groups is 1. The first-order chi connectivity index (χ1) is 9.58. The second-order valence-electron chi connectivity index (χ2n) is 5.86. The highest BCUT2D eigenvalue weighted by atomic mass is 32.2. The van der Waals surface area contributed by atoms with E-state index in [0.717, 1.165) is 23.9 Å². The van der Waals surface area contributed by atoms with Crippen LogP contribution in [0.15, 0.2) is 29.4 Å². The van der Waals surface area contributed by atoms with Gasteiger partial charge < -0.3 is 9.72 Å². The van der Waals surface area contributed by atoms with E-state index in [1.165, 1.54) is 17.1 Å². The molecule has 0 spiro atoms. The van der Waals surface area contributed by atoms with Gasteiger partial charge >= 0.3 is 0 Å². The number of hydrogen-bond donors (Lipinski definition) is 1. The van der Waals surface area contributed by atoms with Crippen LogP contribution >= 0.6 is 11.8 Å². The summed E-state index contributed by atoms with van der Waals surface area (Å²) in [5.74, 6) is 1.88. The number of imidazole rings is 1. The standard InChI is InChI=1S/C16H25N3S/c1-12(2)8-10-20-16-14(11-17-13(3)4)19-9-6-5-7-15(19)18-16/h5-7,9,12-13,17H,8,10-11H2,1-4H3. The third-order valence-electron chi connectivity index (χ3n) is 3.20. The summed E-state index contributed by atoms with van der Waals surface area (Å²) in [7, 11) is 0. The van der Waals surface area contributed by atoms with Crippen molar-refractivity contribution in [3.63, 3.8) is 0 Å². The Kier molecular flexibility index (Phi) is 5.49. The Hall–Kier alpha value is -1.00. The molecule has 0 amide bonds. The van der Waals surface area contributed by atoms with Crippen molar-refractivity contribution in [1.29, 1.82) is 0 Å². The average molecular weight is 291 g/mol. The van der Waals surface area contributed by atoms with Gasteiger partial charge in [-0.15, -0.1) is 11.8 Å². The third-order valence-corrected chi connectivity index (χ3v) is 4.24. The SMILES string of the molecule is CC(C)CCSc1nc2ccccn2c1CNC(C)C. The smallest absolute Gasteiger partial charge is 0.138 e. The first kappa shape index (κ1) is 15.4. The summed E-state index contributed by atoms with van der Waals surface area (Å²) in [6.45, 7) is 9.76. The fourth-order valence-electron chi connectivity index (χ4n) is 1.99. The minimum Gasteiger partial charge on any atom is -0.309 e. The molecular weight excluding hydrogens is 266 g/mol. The number of pyridine rings is 1. The van der Waals surface area contributed by atoms with E-state index in [1.807, 2.05) is 17.8 Å². The molecule has 2 aromatic heterocycles. The maximum absolute atomic E-state index is 4.77. The molecule has 110 valence electrons. The normalized spacial score (nSPS) is 11.9. The predicted molar refractivity (Wildman–Crippen MR) is 87.3 cm³/mol. The molecule has 0 unspecified atom stereocenters. The number of hydrogen-bond acceptors (Lipinski definition) is 3. The molecule has 2 aromatic rings. The van der Waals surface area contributed by atoms with Crippen molar-refractivity contribution in [2.75, 3.05) is 5.75 Å². The average Bonchev–Trinajstić information content (AvgIpc) is 2.73. The molecule has 0 saturated carbocycles. The van der Waals surface area contributed by atoms with Gasteiger partial charge in [-0.2, -0.15) is 0 Å². The van der Waals surface area contributed by atoms with E-state index in [4.69, 9.17) is 4.98 Å². The van der Waals surface area contributed by atoms with Gasteiger partial charge in [0, 0.05) is 18.8 Å². The zero-order valence-electron chi connectivity index (χ0n) is 12.9. The van der Waals surface area contributed by atoms with Gasteiger partial charge in [0.1, 0.15) is 10.7 Å². The van der Waals surface area contributed by atoms with Crippen LogP contribution in [-0.4, -0.2) is 21.2 Å². The van der Waals surface area contributed by atoms with Crippen LogP contribution in [0.3, 0.4) is 0 Å². The van der Waals surface area contributed by atoms with Gasteiger partial charge in [0.15, 0.2) is 0 Å². The molecule has 0 radical (unpaired) electrons. The van der Waals surface area contributed by atoms with Crippen molar-refractivity contribution in [1.82, 2.24) is 14.7 Å². The van der Waals surface area contributed by atoms with Crippen molar-refractivity contribution in [2.24, 2.45) is 5.92 Å². The lowest BCUT2D eigenvalue weighted by atomic mass is 10.2. The van der Waals surface area contributed by atoms with Gasteiger partial charge in [-0.05, 0) is 30.2 Å². The molecule has 0 aliphatic rings. The molecule has 2 rings (SSSR count). The maximum atomic E-state index is 4.77. The zero-order valence-corrected chi connectivity index (χ0v) is 13.7. The first-order valence-electron chi connectivity index (χ1n) is 7.40. The van der Waals surface area contributed by atoms with Gasteiger partial charge in [-0.25, -0.2) is 4.98 Å². The molecule has 0 saturated heterocycles. The topological polar surface area (TPSA) is 29.3 Å². The van der Waals surface area contributed by atoms with E-state index in [9.17, 15) is 0 Å². The molecule has 0 atom stereocenters. The summed E-state index contributed by atoms with van der Waals surface area (Å²) in [6, 6.07) is 6.67. The van der Waals surface area contributed by atoms with Crippen molar-refractivity contribution >= 4 is 17.4 Å². The highest BCUT2D eigenvalue weighted by Gasteiger charge is 2.12. The fourth-order valence-corrected chi connectivity index (χ4v) is 3.27. The Morgan fingerprint density at radius 2 is 2.05 bits per heavy atom. The predicted octanol–water partition coefficient (Wildman–Crippen LogP) is 3.97. The van der Waals surface area contributed by atoms with E-state index in [1.54, 1.807) is 0 Å². The largest absolute Gasteiger partial charge is 0.309 e. The van der Waals surface area contributed by atoms with Crippen LogP contribution in [0.4, 0.5) is 0 Å². The number of nitrogens with one attached hydrogen (secondary N) is 1. The lowest BCUT2D eigenvalue weighted by molar-refractivity contribution is 0.574. The summed E-state index contributed by atoms with van der Waals surface area (Å²) in [5.41, 5.74) is 2.32. The number of fused-ring (bicyclic) bond motifs is 1. The minimum absolute atomic E-state index is 0.484. The molecule has 0 fully saturated rings. The molecule has 3 nitrogen and oxygen atoms in total. The molecular formula is C16H25N3S. The van der Waals surface area contributed by atoms with E-state index < -0.39 is 0 Å². The summed E-state index contributed by atoms with van der Waals surface area (Å²) < 4.78 is 2.20. The molecule has 2 heterocycles. The zero-order chi connectivity index (χ0) is 14.5. The van der Waals surface area contributed by atoms with Crippen LogP contribution in [0.1, 0.15) is 39.8 Å². The van der Waals surface area contributed by atoms with E-state index >= 15 is 0 Å². The van der Waals surface area contributed by atoms with Crippen LogP contribution in [0, 0.1) is 5.92 Å². The Labute approximate surface area is 126 Å². The van der Waals surface area contributed by atoms with Gasteiger partial charge in [0.2, 0.25) is 0 Å². The van der Waals surface area contributed by atoms with Crippen LogP contribution in [0.25, 0.3) is 5.65 Å². The summed E-state index contributed by atoms with van der Waals surface area (Å²) in [5, 5.41) is 4.68. The highest BCUT2D eigenvalue weighted by molar-refractivity contribution is 7.99. The van der Waals surface area contributed by atoms with Crippen molar-refractivity contribution in [2.45, 2.75) is 51.7 Å².